The second kappa shape index (κ2) is 5.40. The van der Waals surface area contributed by atoms with Crippen molar-refractivity contribution < 1.29 is 29.5 Å². The van der Waals surface area contributed by atoms with Gasteiger partial charge in [-0.25, -0.2) is 9.97 Å². The van der Waals surface area contributed by atoms with Crippen molar-refractivity contribution in [2.24, 2.45) is 0 Å². The summed E-state index contributed by atoms with van der Waals surface area (Å²) in [7, 11) is -3.49. The van der Waals surface area contributed by atoms with Crippen molar-refractivity contribution >= 4 is 33.3 Å². The quantitative estimate of drug-likeness (QED) is 0.451. The zero-order valence-electron chi connectivity index (χ0n) is 9.11. The molecule has 0 saturated heterocycles. The van der Waals surface area contributed by atoms with E-state index in [1.54, 1.807) is 0 Å². The number of aliphatic hydroxyl groups excluding tert-OH is 2. The van der Waals surface area contributed by atoms with Crippen LogP contribution in [0.4, 0.5) is 0 Å². The van der Waals surface area contributed by atoms with Gasteiger partial charge in [0.25, 0.3) is 0 Å². The van der Waals surface area contributed by atoms with Gasteiger partial charge in [0.05, 0.1) is 0 Å². The Morgan fingerprint density at radius 1 is 0.842 bits per heavy atom. The van der Waals surface area contributed by atoms with Gasteiger partial charge in [-0.3, -0.25) is 9.11 Å². The van der Waals surface area contributed by atoms with E-state index in [9.17, 15) is 9.11 Å². The first-order chi connectivity index (χ1) is 8.82. The fourth-order valence-electron chi connectivity index (χ4n) is 1.11. The molecular weight excluding hydrogens is 316 g/mol. The molecule has 0 saturated carbocycles. The molecule has 106 valence electrons. The predicted octanol–water partition coefficient (Wildman–Crippen LogP) is 0.735. The molecule has 0 unspecified atom stereocenters. The number of aromatic nitrogens is 2. The van der Waals surface area contributed by atoms with E-state index in [0.717, 1.165) is 22.7 Å². The lowest BCUT2D eigenvalue weighted by atomic mass is 10.5. The fraction of sp³-hybridized carbons (Fsp3) is 0.250. The van der Waals surface area contributed by atoms with Crippen LogP contribution in [0.2, 0.25) is 0 Å². The van der Waals surface area contributed by atoms with Crippen LogP contribution < -0.4 is 0 Å². The monoisotopic (exact) mass is 326 g/mol. The first kappa shape index (κ1) is 14.8. The molecule has 19 heavy (non-hydrogen) atoms. The van der Waals surface area contributed by atoms with Crippen molar-refractivity contribution in [1.29, 1.82) is 0 Å². The average molecular weight is 326 g/mol. The number of aliphatic hydroxyl groups is 4. The molecular formula is C8H10N2O6S3. The topological polar surface area (TPSA) is 147 Å². The van der Waals surface area contributed by atoms with Crippen molar-refractivity contribution in [1.82, 2.24) is 9.97 Å². The summed E-state index contributed by atoms with van der Waals surface area (Å²) in [5.74, 6) is 0. The molecule has 11 heteroatoms. The van der Waals surface area contributed by atoms with Crippen molar-refractivity contribution in [2.75, 3.05) is 0 Å². The van der Waals surface area contributed by atoms with Crippen molar-refractivity contribution in [2.45, 2.75) is 21.3 Å². The van der Waals surface area contributed by atoms with Gasteiger partial charge in [0, 0.05) is 10.8 Å². The van der Waals surface area contributed by atoms with Crippen LogP contribution in [0.25, 0.3) is 0 Å². The van der Waals surface area contributed by atoms with Gasteiger partial charge in [-0.1, -0.05) is 10.6 Å². The summed E-state index contributed by atoms with van der Waals surface area (Å²) >= 11 is 1.69. The number of hydrogen-bond acceptors (Lipinski definition) is 10. The summed E-state index contributed by atoms with van der Waals surface area (Å²) in [5, 5.41) is 38.2. The highest BCUT2D eigenvalue weighted by Crippen LogP contribution is 2.57. The van der Waals surface area contributed by atoms with E-state index in [1.165, 1.54) is 10.8 Å². The molecule has 0 aliphatic heterocycles. The molecule has 2 heterocycles. The first-order valence-corrected chi connectivity index (χ1v) is 8.04. The second-order valence-corrected chi connectivity index (χ2v) is 7.48. The van der Waals surface area contributed by atoms with Crippen molar-refractivity contribution in [3.63, 3.8) is 0 Å². The molecule has 2 rings (SSSR count). The summed E-state index contributed by atoms with van der Waals surface area (Å²) in [6.07, 6.45) is -3.60. The minimum Gasteiger partial charge on any atom is -0.363 e. The molecule has 0 aromatic carbocycles. The maximum absolute atomic E-state index is 10.1. The van der Waals surface area contributed by atoms with Gasteiger partial charge in [0.15, 0.2) is 12.6 Å². The van der Waals surface area contributed by atoms with Gasteiger partial charge in [-0.15, -0.1) is 22.7 Å². The van der Waals surface area contributed by atoms with Crippen molar-refractivity contribution in [3.05, 3.63) is 22.1 Å². The molecule has 0 radical (unpaired) electrons. The molecule has 0 aliphatic rings. The van der Waals surface area contributed by atoms with Gasteiger partial charge in [-0.05, 0) is 0 Å². The Morgan fingerprint density at radius 3 is 1.47 bits per heavy atom. The van der Waals surface area contributed by atoms with Crippen LogP contribution in [0.5, 0.6) is 0 Å². The zero-order chi connectivity index (χ0) is 14.2. The third kappa shape index (κ3) is 2.94. The number of rotatable bonds is 4. The Hall–Kier alpha value is -0.630. The highest BCUT2D eigenvalue weighted by Gasteiger charge is 2.28. The van der Waals surface area contributed by atoms with Crippen LogP contribution in [0.1, 0.15) is 24.0 Å². The van der Waals surface area contributed by atoms with Crippen molar-refractivity contribution in [3.8, 4) is 0 Å². The zero-order valence-corrected chi connectivity index (χ0v) is 11.6. The number of thiazole rings is 2. The van der Waals surface area contributed by atoms with Gasteiger partial charge in [0.2, 0.25) is 8.68 Å². The van der Waals surface area contributed by atoms with Gasteiger partial charge < -0.3 is 20.4 Å². The van der Waals surface area contributed by atoms with Crippen LogP contribution in [-0.2, 0) is 0 Å². The molecule has 0 fully saturated rings. The molecule has 0 spiro atoms. The summed E-state index contributed by atoms with van der Waals surface area (Å²) < 4.78 is 19.9. The van der Waals surface area contributed by atoms with Gasteiger partial charge >= 0.3 is 0 Å². The standard InChI is InChI=1S/C8H10N2O6S3/c11-5(12)3-1-17-7(9-3)19(15,16)8-10-4(2-18-8)6(13)14/h1-2,5-6,11-16H. The second-order valence-electron chi connectivity index (χ2n) is 3.37. The summed E-state index contributed by atoms with van der Waals surface area (Å²) in [6.45, 7) is 0. The fourth-order valence-corrected chi connectivity index (χ4v) is 4.83. The van der Waals surface area contributed by atoms with E-state index < -0.39 is 23.2 Å². The lowest BCUT2D eigenvalue weighted by molar-refractivity contribution is -0.0461. The first-order valence-electron chi connectivity index (χ1n) is 4.73. The lowest BCUT2D eigenvalue weighted by Crippen LogP contribution is -2.02. The number of hydrogen-bond donors (Lipinski definition) is 6. The van der Waals surface area contributed by atoms with E-state index in [2.05, 4.69) is 9.97 Å². The molecule has 0 aliphatic carbocycles. The maximum Gasteiger partial charge on any atom is 0.210 e. The Kier molecular flexibility index (Phi) is 4.20. The van der Waals surface area contributed by atoms with Crippen LogP contribution in [-0.4, -0.2) is 39.5 Å². The SMILES string of the molecule is OC(O)c1csc(S(O)(O)c2nc(C(O)O)cs2)n1. The normalized spacial score (nSPS) is 13.5. The largest absolute Gasteiger partial charge is 0.363 e. The molecule has 0 bridgehead atoms. The van der Waals surface area contributed by atoms with Crippen LogP contribution in [0.3, 0.4) is 0 Å². The Balaban J connectivity index is 2.34. The minimum atomic E-state index is -3.49. The predicted molar refractivity (Wildman–Crippen MR) is 68.0 cm³/mol. The van der Waals surface area contributed by atoms with Crippen LogP contribution >= 0.6 is 33.3 Å². The van der Waals surface area contributed by atoms with Crippen LogP contribution in [0.15, 0.2) is 19.4 Å². The minimum absolute atomic E-state index is 0.0982. The Labute approximate surface area is 116 Å². The third-order valence-electron chi connectivity index (χ3n) is 2.02. The summed E-state index contributed by atoms with van der Waals surface area (Å²) in [6, 6.07) is 0. The molecule has 8 nitrogen and oxygen atoms in total. The smallest absolute Gasteiger partial charge is 0.210 e. The molecule has 0 amide bonds. The third-order valence-corrected chi connectivity index (χ3v) is 6.45. The lowest BCUT2D eigenvalue weighted by Gasteiger charge is -2.25. The summed E-state index contributed by atoms with van der Waals surface area (Å²) in [4.78, 5) is 7.42. The highest BCUT2D eigenvalue weighted by atomic mass is 32.3. The Bertz CT molecular complexity index is 518. The molecule has 6 N–H and O–H groups in total. The van der Waals surface area contributed by atoms with E-state index in [-0.39, 0.29) is 20.1 Å². The molecule has 2 aromatic heterocycles. The van der Waals surface area contributed by atoms with Gasteiger partial charge in [0.1, 0.15) is 11.4 Å². The van der Waals surface area contributed by atoms with E-state index in [1.807, 2.05) is 0 Å². The average Bonchev–Trinajstić information content (AvgIpc) is 2.99. The van der Waals surface area contributed by atoms with E-state index >= 15 is 0 Å². The van der Waals surface area contributed by atoms with E-state index in [0.29, 0.717) is 0 Å². The number of nitrogens with zero attached hydrogens (tertiary/aromatic N) is 2. The van der Waals surface area contributed by atoms with E-state index in [4.69, 9.17) is 20.4 Å². The highest BCUT2D eigenvalue weighted by molar-refractivity contribution is 8.26. The Morgan fingerprint density at radius 2 is 1.21 bits per heavy atom. The maximum atomic E-state index is 10.1. The summed E-state index contributed by atoms with van der Waals surface area (Å²) in [5.41, 5.74) is -0.196. The molecule has 0 atom stereocenters. The van der Waals surface area contributed by atoms with Gasteiger partial charge in [-0.2, -0.15) is 0 Å². The van der Waals surface area contributed by atoms with Crippen LogP contribution in [0, 0.1) is 0 Å². The molecule has 2 aromatic rings.